The smallest absolute Gasteiger partial charge is 0.0721 e. The third-order valence-corrected chi connectivity index (χ3v) is 4.64. The summed E-state index contributed by atoms with van der Waals surface area (Å²) >= 11 is 0. The van der Waals surface area contributed by atoms with E-state index in [1.165, 1.54) is 56.1 Å². The van der Waals surface area contributed by atoms with E-state index in [9.17, 15) is 0 Å². The van der Waals surface area contributed by atoms with Crippen LogP contribution in [0.2, 0.25) is 0 Å². The molecule has 2 rings (SSSR count). The molecule has 0 aliphatic carbocycles. The molecular formula is C20H34ClNO. The summed E-state index contributed by atoms with van der Waals surface area (Å²) in [7, 11) is 0. The van der Waals surface area contributed by atoms with Gasteiger partial charge in [0, 0.05) is 12.6 Å². The Morgan fingerprint density at radius 1 is 1.00 bits per heavy atom. The molecule has 3 heteroatoms. The van der Waals surface area contributed by atoms with Crippen LogP contribution >= 0.6 is 12.4 Å². The molecule has 0 unspecified atom stereocenters. The molecule has 132 valence electrons. The van der Waals surface area contributed by atoms with Crippen LogP contribution in [-0.2, 0) is 17.8 Å². The van der Waals surface area contributed by atoms with Crippen molar-refractivity contribution in [2.24, 2.45) is 0 Å². The van der Waals surface area contributed by atoms with E-state index in [4.69, 9.17) is 4.74 Å². The Labute approximate surface area is 148 Å². The van der Waals surface area contributed by atoms with E-state index in [-0.39, 0.29) is 12.4 Å². The average Bonchev–Trinajstić information content (AvgIpc) is 2.95. The molecule has 0 aromatic heterocycles. The van der Waals surface area contributed by atoms with Crippen molar-refractivity contribution >= 4 is 12.4 Å². The summed E-state index contributed by atoms with van der Waals surface area (Å²) in [5.74, 6) is 0. The van der Waals surface area contributed by atoms with Crippen LogP contribution in [0.3, 0.4) is 0 Å². The van der Waals surface area contributed by atoms with E-state index >= 15 is 0 Å². The number of halogens is 1. The van der Waals surface area contributed by atoms with Gasteiger partial charge >= 0.3 is 0 Å². The minimum Gasteiger partial charge on any atom is -0.372 e. The predicted octanol–water partition coefficient (Wildman–Crippen LogP) is 5.28. The Bertz CT molecular complexity index is 407. The summed E-state index contributed by atoms with van der Waals surface area (Å²) < 4.78 is 5.97. The zero-order valence-electron chi connectivity index (χ0n) is 14.9. The number of hydrogen-bond donors (Lipinski definition) is 1. The van der Waals surface area contributed by atoms with Crippen LogP contribution in [0.1, 0.15) is 69.9 Å². The fourth-order valence-electron chi connectivity index (χ4n) is 3.15. The van der Waals surface area contributed by atoms with Crippen molar-refractivity contribution in [3.8, 4) is 0 Å². The maximum atomic E-state index is 5.97. The summed E-state index contributed by atoms with van der Waals surface area (Å²) in [6.07, 6.45) is 11.0. The summed E-state index contributed by atoms with van der Waals surface area (Å²) in [6.45, 7) is 6.24. The van der Waals surface area contributed by atoms with Crippen LogP contribution in [0, 0.1) is 0 Å². The van der Waals surface area contributed by atoms with Crippen LogP contribution < -0.4 is 5.32 Å². The number of nitrogens with one attached hydrogen (secondary N) is 1. The first-order valence-corrected chi connectivity index (χ1v) is 9.20. The van der Waals surface area contributed by atoms with Crippen molar-refractivity contribution in [2.45, 2.75) is 84.0 Å². The first kappa shape index (κ1) is 20.5. The molecule has 1 saturated heterocycles. The molecule has 1 N–H and O–H groups in total. The van der Waals surface area contributed by atoms with Gasteiger partial charge in [0.1, 0.15) is 0 Å². The molecule has 0 bridgehead atoms. The van der Waals surface area contributed by atoms with Crippen LogP contribution in [0.5, 0.6) is 0 Å². The second-order valence-corrected chi connectivity index (χ2v) is 6.81. The van der Waals surface area contributed by atoms with Crippen LogP contribution in [0.25, 0.3) is 0 Å². The third-order valence-electron chi connectivity index (χ3n) is 4.64. The van der Waals surface area contributed by atoms with Crippen LogP contribution in [0.15, 0.2) is 24.3 Å². The number of rotatable bonds is 10. The Balaban J connectivity index is 0.00000264. The van der Waals surface area contributed by atoms with Crippen molar-refractivity contribution in [3.05, 3.63) is 35.4 Å². The maximum absolute atomic E-state index is 5.97. The molecule has 0 amide bonds. The predicted molar refractivity (Wildman–Crippen MR) is 101 cm³/mol. The summed E-state index contributed by atoms with van der Waals surface area (Å²) in [4.78, 5) is 0. The van der Waals surface area contributed by atoms with E-state index in [0.717, 1.165) is 19.6 Å². The molecule has 2 nitrogen and oxygen atoms in total. The van der Waals surface area contributed by atoms with E-state index in [2.05, 4.69) is 43.4 Å². The van der Waals surface area contributed by atoms with E-state index < -0.39 is 0 Å². The van der Waals surface area contributed by atoms with Gasteiger partial charge < -0.3 is 10.1 Å². The van der Waals surface area contributed by atoms with Crippen molar-refractivity contribution in [3.63, 3.8) is 0 Å². The first-order valence-electron chi connectivity index (χ1n) is 9.20. The van der Waals surface area contributed by atoms with E-state index in [1.807, 2.05) is 0 Å². The monoisotopic (exact) mass is 339 g/mol. The molecule has 1 fully saturated rings. The molecule has 1 aromatic carbocycles. The van der Waals surface area contributed by atoms with Crippen molar-refractivity contribution in [2.75, 3.05) is 6.54 Å². The molecule has 1 aromatic rings. The summed E-state index contributed by atoms with van der Waals surface area (Å²) in [5.41, 5.74) is 2.77. The van der Waals surface area contributed by atoms with Gasteiger partial charge in [-0.05, 0) is 37.3 Å². The van der Waals surface area contributed by atoms with Gasteiger partial charge in [-0.2, -0.15) is 0 Å². The lowest BCUT2D eigenvalue weighted by Crippen LogP contribution is -2.18. The minimum absolute atomic E-state index is 0. The molecule has 1 aliphatic heterocycles. The van der Waals surface area contributed by atoms with Gasteiger partial charge in [-0.1, -0.05) is 63.3 Å². The second-order valence-electron chi connectivity index (χ2n) is 6.81. The van der Waals surface area contributed by atoms with Crippen LogP contribution in [-0.4, -0.2) is 18.7 Å². The van der Waals surface area contributed by atoms with E-state index in [1.54, 1.807) is 0 Å². The van der Waals surface area contributed by atoms with Crippen molar-refractivity contribution in [1.82, 2.24) is 5.32 Å². The van der Waals surface area contributed by atoms with Crippen molar-refractivity contribution < 1.29 is 4.74 Å². The fraction of sp³-hybridized carbons (Fsp3) is 0.700. The highest BCUT2D eigenvalue weighted by molar-refractivity contribution is 5.85. The molecule has 0 spiro atoms. The lowest BCUT2D eigenvalue weighted by atomic mass is 10.0. The van der Waals surface area contributed by atoms with Crippen molar-refractivity contribution in [1.29, 1.82) is 0 Å². The normalized spacial score (nSPS) is 20.4. The largest absolute Gasteiger partial charge is 0.372 e. The summed E-state index contributed by atoms with van der Waals surface area (Å²) in [5, 5.41) is 3.43. The summed E-state index contributed by atoms with van der Waals surface area (Å²) in [6, 6.07) is 9.63. The quantitative estimate of drug-likeness (QED) is 0.586. The second kappa shape index (κ2) is 11.9. The lowest BCUT2D eigenvalue weighted by Gasteiger charge is -2.11. The fourth-order valence-corrected chi connectivity index (χ4v) is 3.15. The topological polar surface area (TPSA) is 21.3 Å². The van der Waals surface area contributed by atoms with Crippen LogP contribution in [0.4, 0.5) is 0 Å². The SMILES string of the molecule is CCCCCCCCc1ccc(CO[C@H]2CN[C@H](C)C2)cc1.Cl. The Hall–Kier alpha value is -0.570. The number of ether oxygens (including phenoxy) is 1. The third kappa shape index (κ3) is 8.19. The Morgan fingerprint density at radius 3 is 2.30 bits per heavy atom. The molecule has 0 radical (unpaired) electrons. The molecule has 1 aliphatic rings. The van der Waals surface area contributed by atoms with Gasteiger partial charge in [-0.3, -0.25) is 0 Å². The van der Waals surface area contributed by atoms with Gasteiger partial charge in [0.2, 0.25) is 0 Å². The highest BCUT2D eigenvalue weighted by Crippen LogP contribution is 2.14. The molecule has 23 heavy (non-hydrogen) atoms. The average molecular weight is 340 g/mol. The van der Waals surface area contributed by atoms with Gasteiger partial charge in [-0.25, -0.2) is 0 Å². The highest BCUT2D eigenvalue weighted by Gasteiger charge is 2.20. The van der Waals surface area contributed by atoms with Gasteiger partial charge in [-0.15, -0.1) is 12.4 Å². The highest BCUT2D eigenvalue weighted by atomic mass is 35.5. The first-order chi connectivity index (χ1) is 10.8. The number of unbranched alkanes of at least 4 members (excludes halogenated alkanes) is 5. The van der Waals surface area contributed by atoms with E-state index in [0.29, 0.717) is 12.1 Å². The number of benzene rings is 1. The molecular weight excluding hydrogens is 306 g/mol. The standard InChI is InChI=1S/C20H33NO.ClH/c1-3-4-5-6-7-8-9-18-10-12-19(13-11-18)16-22-20-14-17(2)21-15-20;/h10-13,17,20-21H,3-9,14-16H2,1-2H3;1H/t17-,20-;/m1./s1. The number of aryl methyl sites for hydroxylation is 1. The van der Waals surface area contributed by atoms with Gasteiger partial charge in [0.25, 0.3) is 0 Å². The zero-order valence-corrected chi connectivity index (χ0v) is 15.7. The van der Waals surface area contributed by atoms with Gasteiger partial charge in [0.15, 0.2) is 0 Å². The Morgan fingerprint density at radius 2 is 1.65 bits per heavy atom. The van der Waals surface area contributed by atoms with Gasteiger partial charge in [0.05, 0.1) is 12.7 Å². The molecule has 2 atom stereocenters. The molecule has 0 saturated carbocycles. The molecule has 1 heterocycles. The zero-order chi connectivity index (χ0) is 15.6. The number of hydrogen-bond acceptors (Lipinski definition) is 2. The maximum Gasteiger partial charge on any atom is 0.0721 e. The lowest BCUT2D eigenvalue weighted by molar-refractivity contribution is 0.0529. The minimum atomic E-state index is 0. The Kier molecular flexibility index (Phi) is 10.6.